The highest BCUT2D eigenvalue weighted by atomic mass is 127. The quantitative estimate of drug-likeness (QED) is 0.114. The zero-order valence-corrected chi connectivity index (χ0v) is 22.5. The van der Waals surface area contributed by atoms with Gasteiger partial charge in [-0.15, -0.1) is 0 Å². The van der Waals surface area contributed by atoms with Gasteiger partial charge in [0.15, 0.2) is 0 Å². The molecule has 0 aliphatic rings. The van der Waals surface area contributed by atoms with Gasteiger partial charge in [0.2, 0.25) is 0 Å². The van der Waals surface area contributed by atoms with E-state index in [1.165, 1.54) is 12.1 Å². The van der Waals surface area contributed by atoms with Crippen molar-refractivity contribution < 1.29 is 22.7 Å². The fourth-order valence-corrected chi connectivity index (χ4v) is 8.36. The third kappa shape index (κ3) is 6.45. The molecule has 0 spiro atoms. The van der Waals surface area contributed by atoms with E-state index in [1.54, 1.807) is 26.0 Å². The zero-order chi connectivity index (χ0) is 24.1. The Labute approximate surface area is 204 Å². The lowest BCUT2D eigenvalue weighted by Gasteiger charge is -2.29. The Morgan fingerprint density at radius 2 is 1.59 bits per heavy atom. The van der Waals surface area contributed by atoms with Crippen LogP contribution >= 0.6 is 30.2 Å². The van der Waals surface area contributed by atoms with Gasteiger partial charge in [-0.2, -0.15) is 0 Å². The van der Waals surface area contributed by atoms with Crippen molar-refractivity contribution >= 4 is 46.9 Å². The Bertz CT molecular complexity index is 1000. The van der Waals surface area contributed by atoms with Crippen LogP contribution in [0.25, 0.3) is 0 Å². The fourth-order valence-electron chi connectivity index (χ4n) is 3.44. The van der Waals surface area contributed by atoms with Gasteiger partial charge in [0, 0.05) is 12.1 Å². The van der Waals surface area contributed by atoms with Crippen LogP contribution in [0, 0.1) is 30.9 Å². The van der Waals surface area contributed by atoms with E-state index >= 15 is 0 Å². The lowest BCUT2D eigenvalue weighted by molar-refractivity contribution is -0.384. The van der Waals surface area contributed by atoms with Crippen molar-refractivity contribution in [2.45, 2.75) is 49.2 Å². The highest BCUT2D eigenvalue weighted by Gasteiger charge is 2.41. The van der Waals surface area contributed by atoms with Crippen LogP contribution in [0.1, 0.15) is 42.1 Å². The predicted octanol–water partition coefficient (Wildman–Crippen LogP) is 5.90. The van der Waals surface area contributed by atoms with Gasteiger partial charge in [-0.25, -0.2) is 8.93 Å². The molecular weight excluding hydrogens is 566 g/mol. The summed E-state index contributed by atoms with van der Waals surface area (Å²) in [5.74, 6) is 0. The third-order valence-electron chi connectivity index (χ3n) is 4.68. The molecule has 0 saturated heterocycles. The van der Waals surface area contributed by atoms with Crippen molar-refractivity contribution in [3.8, 4) is 0 Å². The summed E-state index contributed by atoms with van der Waals surface area (Å²) in [5, 5.41) is 11.1. The lowest BCUT2D eigenvalue weighted by Crippen LogP contribution is -2.32. The van der Waals surface area contributed by atoms with Crippen LogP contribution in [-0.4, -0.2) is 26.0 Å². The molecule has 0 fully saturated rings. The van der Waals surface area contributed by atoms with Crippen molar-refractivity contribution in [1.82, 2.24) is 4.72 Å². The maximum atomic E-state index is 13.5. The van der Waals surface area contributed by atoms with Gasteiger partial charge in [-0.05, 0) is 51.3 Å². The SMILES string of the molecule is CCOP(=O)(OCC)C(I)[C@H](N[S@@](=O)c1c(C)cc(C)cc1C)c1ccc([N+](=O)[O-])cc1. The molecule has 176 valence electrons. The fraction of sp³-hybridized carbons (Fsp3) is 0.429. The van der Waals surface area contributed by atoms with E-state index in [9.17, 15) is 18.9 Å². The van der Waals surface area contributed by atoms with E-state index in [4.69, 9.17) is 9.05 Å². The van der Waals surface area contributed by atoms with Gasteiger partial charge < -0.3 is 9.05 Å². The van der Waals surface area contributed by atoms with Crippen LogP contribution in [0.2, 0.25) is 0 Å². The molecule has 32 heavy (non-hydrogen) atoms. The maximum Gasteiger partial charge on any atom is 0.345 e. The number of alkyl halides is 1. The Balaban J connectivity index is 2.52. The van der Waals surface area contributed by atoms with Gasteiger partial charge >= 0.3 is 7.60 Å². The number of nitro benzene ring substituents is 1. The van der Waals surface area contributed by atoms with E-state index in [-0.39, 0.29) is 18.9 Å². The highest BCUT2D eigenvalue weighted by molar-refractivity contribution is 14.1. The topological polar surface area (TPSA) is 108 Å². The molecule has 1 unspecified atom stereocenters. The molecule has 2 rings (SSSR count). The molecule has 0 saturated carbocycles. The predicted molar refractivity (Wildman–Crippen MR) is 135 cm³/mol. The molecule has 1 N–H and O–H groups in total. The number of nitrogens with one attached hydrogen (secondary N) is 1. The van der Waals surface area contributed by atoms with Crippen LogP contribution in [-0.2, 0) is 24.6 Å². The normalized spacial score (nSPS) is 14.7. The summed E-state index contributed by atoms with van der Waals surface area (Å²) < 4.78 is 40.3. The van der Waals surface area contributed by atoms with E-state index in [0.29, 0.717) is 10.5 Å². The van der Waals surface area contributed by atoms with Crippen molar-refractivity contribution in [2.24, 2.45) is 0 Å². The minimum atomic E-state index is -3.59. The van der Waals surface area contributed by atoms with Crippen LogP contribution < -0.4 is 4.72 Å². The first-order valence-corrected chi connectivity index (χ1v) is 14.1. The Kier molecular flexibility index (Phi) is 9.99. The Hall–Kier alpha value is -1.17. The summed E-state index contributed by atoms with van der Waals surface area (Å²) in [6, 6.07) is 9.05. The van der Waals surface area contributed by atoms with E-state index in [1.807, 2.05) is 55.5 Å². The largest absolute Gasteiger partial charge is 0.345 e. The Morgan fingerprint density at radius 1 is 1.09 bits per heavy atom. The molecule has 0 bridgehead atoms. The number of nitrogens with zero attached hydrogens (tertiary/aromatic N) is 1. The number of nitro groups is 1. The number of hydrogen-bond acceptors (Lipinski definition) is 6. The second-order valence-electron chi connectivity index (χ2n) is 7.19. The van der Waals surface area contributed by atoms with Crippen molar-refractivity contribution in [3.05, 3.63) is 68.8 Å². The van der Waals surface area contributed by atoms with E-state index < -0.39 is 33.2 Å². The summed E-state index contributed by atoms with van der Waals surface area (Å²) in [4.78, 5) is 11.2. The molecule has 0 radical (unpaired) electrons. The van der Waals surface area contributed by atoms with Crippen LogP contribution in [0.5, 0.6) is 0 Å². The van der Waals surface area contributed by atoms with Crippen molar-refractivity contribution in [2.75, 3.05) is 13.2 Å². The number of non-ortho nitro benzene ring substituents is 1. The molecule has 0 aliphatic heterocycles. The Morgan fingerprint density at radius 3 is 2.03 bits per heavy atom. The summed E-state index contributed by atoms with van der Waals surface area (Å²) in [6.45, 7) is 9.57. The van der Waals surface area contributed by atoms with Crippen molar-refractivity contribution in [1.29, 1.82) is 0 Å². The minimum absolute atomic E-state index is 0.0679. The molecule has 2 aromatic carbocycles. The number of hydrogen-bond donors (Lipinski definition) is 1. The lowest BCUT2D eigenvalue weighted by atomic mass is 10.1. The van der Waals surface area contributed by atoms with Gasteiger partial charge in [-0.3, -0.25) is 14.7 Å². The van der Waals surface area contributed by atoms with E-state index in [2.05, 4.69) is 4.72 Å². The first kappa shape index (κ1) is 27.1. The molecular formula is C21H28IN2O6PS. The maximum absolute atomic E-state index is 13.5. The van der Waals surface area contributed by atoms with Gasteiger partial charge in [0.25, 0.3) is 5.69 Å². The number of rotatable bonds is 11. The molecule has 11 heteroatoms. The van der Waals surface area contributed by atoms with E-state index in [0.717, 1.165) is 16.7 Å². The summed E-state index contributed by atoms with van der Waals surface area (Å²) in [7, 11) is -5.23. The number of benzene rings is 2. The van der Waals surface area contributed by atoms with Gasteiger partial charge in [0.1, 0.15) is 14.7 Å². The van der Waals surface area contributed by atoms with Crippen LogP contribution in [0.15, 0.2) is 41.3 Å². The van der Waals surface area contributed by atoms with Gasteiger partial charge in [-0.1, -0.05) is 52.4 Å². The van der Waals surface area contributed by atoms with Crippen LogP contribution in [0.3, 0.4) is 0 Å². The first-order valence-electron chi connectivity index (χ1n) is 10.1. The van der Waals surface area contributed by atoms with Crippen molar-refractivity contribution in [3.63, 3.8) is 0 Å². The molecule has 3 atom stereocenters. The second kappa shape index (κ2) is 11.8. The molecule has 0 amide bonds. The standard InChI is InChI=1S/C21H28IN2O6PS/c1-6-29-31(27,30-7-2)21(22)19(17-8-10-18(11-9-17)24(25)26)23-32(28)20-15(4)12-14(3)13-16(20)5/h8-13,19,21,23H,6-7H2,1-5H3/t19-,21?,32+/m1/s1. The average Bonchev–Trinajstić information content (AvgIpc) is 2.71. The first-order chi connectivity index (χ1) is 15.0. The third-order valence-corrected chi connectivity index (χ3v) is 11.1. The van der Waals surface area contributed by atoms with Crippen LogP contribution in [0.4, 0.5) is 5.69 Å². The minimum Gasteiger partial charge on any atom is -0.308 e. The molecule has 0 aliphatic carbocycles. The molecule has 0 heterocycles. The average molecular weight is 594 g/mol. The zero-order valence-electron chi connectivity index (χ0n) is 18.7. The highest BCUT2D eigenvalue weighted by Crippen LogP contribution is 2.59. The molecule has 2 aromatic rings. The smallest absolute Gasteiger partial charge is 0.308 e. The molecule has 8 nitrogen and oxygen atoms in total. The summed E-state index contributed by atoms with van der Waals surface area (Å²) >= 11 is 1.99. The number of aryl methyl sites for hydroxylation is 3. The number of halogens is 1. The van der Waals surface area contributed by atoms with Gasteiger partial charge in [0.05, 0.1) is 29.1 Å². The summed E-state index contributed by atoms with van der Waals surface area (Å²) in [6.07, 6.45) is 0. The second-order valence-corrected chi connectivity index (χ2v) is 12.8. The monoisotopic (exact) mass is 594 g/mol. The molecule has 0 aromatic heterocycles. The summed E-state index contributed by atoms with van der Waals surface area (Å²) in [5.41, 5.74) is 3.33.